The number of Topliss-reactive ketones (excluding diaryl/α,β-unsaturated/α-hetero) is 2. The van der Waals surface area contributed by atoms with E-state index < -0.39 is 46.6 Å². The Labute approximate surface area is 206 Å². The first-order chi connectivity index (χ1) is 16.8. The summed E-state index contributed by atoms with van der Waals surface area (Å²) in [6.07, 6.45) is 2.69. The molecule has 36 heavy (non-hydrogen) atoms. The number of phenols is 1. The highest BCUT2D eigenvalue weighted by molar-refractivity contribution is 6.18. The van der Waals surface area contributed by atoms with Gasteiger partial charge in [0.25, 0.3) is 5.91 Å². The van der Waals surface area contributed by atoms with Crippen LogP contribution in [0.5, 0.6) is 5.75 Å². The number of carbonyl (C=O) groups excluding carboxylic acids is 3. The van der Waals surface area contributed by atoms with E-state index in [1.165, 1.54) is 0 Å². The topological polar surface area (TPSA) is 179 Å². The van der Waals surface area contributed by atoms with E-state index in [4.69, 9.17) is 5.73 Å². The summed E-state index contributed by atoms with van der Waals surface area (Å²) in [5.41, 5.74) is 2.40. The van der Waals surface area contributed by atoms with Crippen molar-refractivity contribution in [2.45, 2.75) is 36.6 Å². The fourth-order valence-corrected chi connectivity index (χ4v) is 6.02. The predicted molar refractivity (Wildman–Crippen MR) is 127 cm³/mol. The van der Waals surface area contributed by atoms with Gasteiger partial charge in [0.15, 0.2) is 5.78 Å². The molecule has 3 aliphatic carbocycles. The minimum Gasteiger partial charge on any atom is -0.506 e. The van der Waals surface area contributed by atoms with Gasteiger partial charge in [-0.1, -0.05) is 0 Å². The maximum Gasteiger partial charge on any atom is 0.260 e. The maximum atomic E-state index is 13.8. The zero-order valence-corrected chi connectivity index (χ0v) is 20.1. The highest BCUT2D eigenvalue weighted by atomic mass is 16.4. The largest absolute Gasteiger partial charge is 0.506 e. The molecular formula is C25H28N4O7. The van der Waals surface area contributed by atoms with Crippen LogP contribution >= 0.6 is 0 Å². The molecule has 1 amide bonds. The van der Waals surface area contributed by atoms with Gasteiger partial charge in [-0.2, -0.15) is 0 Å². The molecule has 1 saturated carbocycles. The number of nitrogens with zero attached hydrogens (tertiary/aromatic N) is 3. The molecular weight excluding hydrogens is 468 g/mol. The van der Waals surface area contributed by atoms with Crippen molar-refractivity contribution >= 4 is 23.2 Å². The van der Waals surface area contributed by atoms with Crippen molar-refractivity contribution in [3.63, 3.8) is 0 Å². The van der Waals surface area contributed by atoms with E-state index in [-0.39, 0.29) is 29.7 Å². The zero-order chi connectivity index (χ0) is 26.3. The number of hydrogen-bond acceptors (Lipinski definition) is 9. The molecule has 11 nitrogen and oxygen atoms in total. The number of rotatable bonds is 3. The summed E-state index contributed by atoms with van der Waals surface area (Å²) in [6, 6.07) is 1.80. The summed E-state index contributed by atoms with van der Waals surface area (Å²) >= 11 is 0. The molecule has 1 aromatic carbocycles. The van der Waals surface area contributed by atoms with Crippen molar-refractivity contribution in [2.24, 2.45) is 24.6 Å². The van der Waals surface area contributed by atoms with Crippen molar-refractivity contribution in [3.8, 4) is 17.0 Å². The Bertz CT molecular complexity index is 1360. The number of fused-ring (bicyclic) bond motifs is 3. The van der Waals surface area contributed by atoms with E-state index in [0.29, 0.717) is 23.2 Å². The number of phenolic OH excluding ortho intramolecular Hbond substituents is 1. The lowest BCUT2D eigenvalue weighted by atomic mass is 9.57. The molecule has 2 unspecified atom stereocenters. The SMILES string of the molecule is CN(C)c1cc(-c2cncn2C)c(O)c2c1C[C@H]1C[C@H]3CC(O)C(O)(C(N)=O)C(=O)[C@@]3(O)C=C1C2=O. The fraction of sp³-hybridized carbons (Fsp3) is 0.440. The lowest BCUT2D eigenvalue weighted by molar-refractivity contribution is -0.191. The smallest absolute Gasteiger partial charge is 0.260 e. The monoisotopic (exact) mass is 496 g/mol. The highest BCUT2D eigenvalue weighted by Gasteiger charge is 2.65. The first-order valence-corrected chi connectivity index (χ1v) is 11.6. The fourth-order valence-electron chi connectivity index (χ4n) is 6.02. The number of ketones is 2. The van der Waals surface area contributed by atoms with E-state index in [0.717, 1.165) is 11.8 Å². The Kier molecular flexibility index (Phi) is 5.19. The van der Waals surface area contributed by atoms with Gasteiger partial charge < -0.3 is 35.6 Å². The second-order valence-electron chi connectivity index (χ2n) is 10.2. The number of hydrogen-bond donors (Lipinski definition) is 5. The molecule has 1 fully saturated rings. The van der Waals surface area contributed by atoms with Gasteiger partial charge >= 0.3 is 0 Å². The van der Waals surface area contributed by atoms with E-state index >= 15 is 0 Å². The Hall–Kier alpha value is -3.54. The van der Waals surface area contributed by atoms with Crippen LogP contribution in [0.15, 0.2) is 30.2 Å². The standard InChI is InChI=1S/C25H28N4O7/c1-28(2)16-7-14(17-9-27-10-29(17)3)20(31)19-13(16)5-11-4-12-6-18(30)25(36,23(26)34)22(33)24(12,35)8-15(11)21(19)32/h7-12,18,30-31,35-36H,4-6H2,1-3H3,(H2,26,34)/t11-,12+,18?,24-,25?/m1/s1. The second kappa shape index (κ2) is 7.73. The van der Waals surface area contributed by atoms with Gasteiger partial charge in [0.1, 0.15) is 11.4 Å². The summed E-state index contributed by atoms with van der Waals surface area (Å²) in [7, 11) is 5.42. The molecule has 1 aromatic heterocycles. The highest BCUT2D eigenvalue weighted by Crippen LogP contribution is 2.52. The first kappa shape index (κ1) is 24.2. The van der Waals surface area contributed by atoms with Gasteiger partial charge in [0, 0.05) is 43.9 Å². The second-order valence-corrected chi connectivity index (χ2v) is 10.2. The van der Waals surface area contributed by atoms with Crippen molar-refractivity contribution in [1.29, 1.82) is 0 Å². The third kappa shape index (κ3) is 3.03. The van der Waals surface area contributed by atoms with Gasteiger partial charge in [0.2, 0.25) is 11.4 Å². The van der Waals surface area contributed by atoms with Gasteiger partial charge in [-0.15, -0.1) is 0 Å². The van der Waals surface area contributed by atoms with Gasteiger partial charge in [-0.25, -0.2) is 4.98 Å². The Morgan fingerprint density at radius 3 is 2.53 bits per heavy atom. The van der Waals surface area contributed by atoms with Crippen LogP contribution in [0, 0.1) is 11.8 Å². The Balaban J connectivity index is 1.69. The maximum absolute atomic E-state index is 13.8. The summed E-state index contributed by atoms with van der Waals surface area (Å²) in [4.78, 5) is 44.8. The molecule has 190 valence electrons. The van der Waals surface area contributed by atoms with Crippen LogP contribution in [0.25, 0.3) is 11.3 Å². The molecule has 6 N–H and O–H groups in total. The van der Waals surface area contributed by atoms with Crippen LogP contribution < -0.4 is 10.6 Å². The summed E-state index contributed by atoms with van der Waals surface area (Å²) in [5.74, 6) is -4.86. The summed E-state index contributed by atoms with van der Waals surface area (Å²) in [6.45, 7) is 0. The minimum absolute atomic E-state index is 0.0652. The van der Waals surface area contributed by atoms with Crippen LogP contribution in [0.3, 0.4) is 0 Å². The number of imidazole rings is 1. The number of anilines is 1. The number of allylic oxidation sites excluding steroid dienone is 1. The average molecular weight is 497 g/mol. The molecule has 11 heteroatoms. The molecule has 5 atom stereocenters. The van der Waals surface area contributed by atoms with Crippen molar-refractivity contribution in [3.05, 3.63) is 41.4 Å². The third-order valence-electron chi connectivity index (χ3n) is 7.98. The van der Waals surface area contributed by atoms with Crippen LogP contribution in [-0.4, -0.2) is 78.9 Å². The van der Waals surface area contributed by atoms with Crippen LogP contribution in [0.4, 0.5) is 5.69 Å². The molecule has 1 heterocycles. The molecule has 0 radical (unpaired) electrons. The number of aromatic nitrogens is 2. The molecule has 2 aromatic rings. The number of aliphatic hydroxyl groups excluding tert-OH is 1. The van der Waals surface area contributed by atoms with Gasteiger partial charge in [0.05, 0.1) is 29.9 Å². The molecule has 0 aliphatic heterocycles. The molecule has 5 rings (SSSR count). The van der Waals surface area contributed by atoms with Crippen LogP contribution in [-0.2, 0) is 23.1 Å². The quantitative estimate of drug-likeness (QED) is 0.348. The van der Waals surface area contributed by atoms with E-state index in [1.54, 1.807) is 30.2 Å². The van der Waals surface area contributed by atoms with Crippen molar-refractivity contribution < 1.29 is 34.8 Å². The van der Waals surface area contributed by atoms with Gasteiger partial charge in [-0.3, -0.25) is 14.4 Å². The average Bonchev–Trinajstić information content (AvgIpc) is 3.23. The lowest BCUT2D eigenvalue weighted by Crippen LogP contribution is -2.71. The molecule has 0 bridgehead atoms. The normalized spacial score (nSPS) is 31.3. The number of aryl methyl sites for hydroxylation is 1. The zero-order valence-electron chi connectivity index (χ0n) is 20.1. The number of aliphatic hydroxyl groups is 3. The minimum atomic E-state index is -2.97. The van der Waals surface area contributed by atoms with Crippen molar-refractivity contribution in [1.82, 2.24) is 9.55 Å². The molecule has 3 aliphatic rings. The number of nitrogens with two attached hydrogens (primary N) is 1. The van der Waals surface area contributed by atoms with E-state index in [9.17, 15) is 34.8 Å². The lowest BCUT2D eigenvalue weighted by Gasteiger charge is -2.49. The first-order valence-electron chi connectivity index (χ1n) is 11.6. The summed E-state index contributed by atoms with van der Waals surface area (Å²) in [5, 5.41) is 43.7. The van der Waals surface area contributed by atoms with Crippen molar-refractivity contribution in [2.75, 3.05) is 19.0 Å². The number of benzene rings is 1. The number of amides is 1. The van der Waals surface area contributed by atoms with Crippen LogP contribution in [0.1, 0.15) is 28.8 Å². The summed E-state index contributed by atoms with van der Waals surface area (Å²) < 4.78 is 1.71. The number of primary amides is 1. The van der Waals surface area contributed by atoms with E-state index in [1.807, 2.05) is 19.0 Å². The van der Waals surface area contributed by atoms with Gasteiger partial charge in [-0.05, 0) is 42.9 Å². The number of carbonyl (C=O) groups is 3. The van der Waals surface area contributed by atoms with E-state index in [2.05, 4.69) is 4.98 Å². The molecule has 0 spiro atoms. The van der Waals surface area contributed by atoms with Crippen LogP contribution in [0.2, 0.25) is 0 Å². The predicted octanol–water partition coefficient (Wildman–Crippen LogP) is -0.559. The Morgan fingerprint density at radius 1 is 1.25 bits per heavy atom. The molecule has 0 saturated heterocycles. The Morgan fingerprint density at radius 2 is 1.94 bits per heavy atom. The number of aromatic hydroxyl groups is 1. The third-order valence-corrected chi connectivity index (χ3v) is 7.98.